The Balaban J connectivity index is 0.000000150. The first-order valence-corrected chi connectivity index (χ1v) is 19.8. The topological polar surface area (TPSA) is 161 Å². The lowest BCUT2D eigenvalue weighted by Crippen LogP contribution is -2.26. The second-order valence-corrected chi connectivity index (χ2v) is 15.9. The third-order valence-corrected chi connectivity index (χ3v) is 11.1. The molecule has 0 bridgehead atoms. The number of anilines is 2. The highest BCUT2D eigenvalue weighted by molar-refractivity contribution is 5.83. The summed E-state index contributed by atoms with van der Waals surface area (Å²) >= 11 is 0. The third kappa shape index (κ3) is 7.45. The monoisotopic (exact) mass is 782 g/mol. The van der Waals surface area contributed by atoms with Gasteiger partial charge in [0.05, 0.1) is 37.9 Å². The minimum Gasteiger partial charge on any atom is -0.351 e. The minimum absolute atomic E-state index is 0.238. The molecular weight excluding hydrogens is 739 g/mol. The van der Waals surface area contributed by atoms with Crippen LogP contribution in [0.2, 0.25) is 0 Å². The van der Waals surface area contributed by atoms with Gasteiger partial charge in [-0.25, -0.2) is 18.7 Å². The zero-order valence-corrected chi connectivity index (χ0v) is 32.9. The van der Waals surface area contributed by atoms with Gasteiger partial charge < -0.3 is 10.6 Å². The Labute approximate surface area is 333 Å². The van der Waals surface area contributed by atoms with Gasteiger partial charge in [0.2, 0.25) is 11.9 Å². The third-order valence-electron chi connectivity index (χ3n) is 11.1. The summed E-state index contributed by atoms with van der Waals surface area (Å²) < 4.78 is 31.0. The lowest BCUT2D eigenvalue weighted by atomic mass is 9.90. The van der Waals surface area contributed by atoms with E-state index in [4.69, 9.17) is 0 Å². The van der Waals surface area contributed by atoms with Gasteiger partial charge in [-0.15, -0.1) is 0 Å². The SMILES string of the molecule is CC(C)c1cnn2c(N[C@@H]3CCC4=C(C=NC4)C3)nc(-c3cncc(F)c3)nc12.CC(C)c1cnn2c(N[C@H]3CCC4=C(C=NC4)C3)nc(-c3cncc(F)c3)nc12. The van der Waals surface area contributed by atoms with E-state index < -0.39 is 11.6 Å². The van der Waals surface area contributed by atoms with Gasteiger partial charge in [0, 0.05) is 59.2 Å². The normalized spacial score (nSPS) is 18.7. The van der Waals surface area contributed by atoms with E-state index in [2.05, 4.69) is 88.4 Å². The van der Waals surface area contributed by atoms with Gasteiger partial charge in [0.25, 0.3) is 0 Å². The van der Waals surface area contributed by atoms with E-state index in [9.17, 15) is 8.78 Å². The number of fused-ring (bicyclic) bond motifs is 2. The summed E-state index contributed by atoms with van der Waals surface area (Å²) in [6, 6.07) is 3.28. The fraction of sp³-hybridized carbons (Fsp3) is 0.381. The van der Waals surface area contributed by atoms with Crippen LogP contribution in [0.5, 0.6) is 0 Å². The molecule has 2 N–H and O–H groups in total. The van der Waals surface area contributed by atoms with Gasteiger partial charge in [-0.05, 0) is 84.8 Å². The highest BCUT2D eigenvalue weighted by Gasteiger charge is 2.26. The average Bonchev–Trinajstić information content (AvgIpc) is 4.04. The van der Waals surface area contributed by atoms with Gasteiger partial charge in [0.1, 0.15) is 11.6 Å². The minimum atomic E-state index is -0.412. The van der Waals surface area contributed by atoms with Crippen LogP contribution in [-0.4, -0.2) is 86.7 Å². The molecule has 2 aliphatic heterocycles. The molecule has 296 valence electrons. The maximum atomic E-state index is 13.7. The van der Waals surface area contributed by atoms with Crippen LogP contribution in [0.25, 0.3) is 34.1 Å². The first kappa shape index (κ1) is 37.3. The fourth-order valence-corrected chi connectivity index (χ4v) is 7.95. The van der Waals surface area contributed by atoms with Crippen LogP contribution in [0.3, 0.4) is 0 Å². The summed E-state index contributed by atoms with van der Waals surface area (Å²) in [7, 11) is 0. The molecule has 0 aromatic carbocycles. The van der Waals surface area contributed by atoms with Crippen molar-refractivity contribution in [3.63, 3.8) is 0 Å². The second-order valence-electron chi connectivity index (χ2n) is 15.9. The van der Waals surface area contributed by atoms with Crippen LogP contribution in [0.15, 0.2) is 81.6 Å². The predicted molar refractivity (Wildman–Crippen MR) is 219 cm³/mol. The van der Waals surface area contributed by atoms with E-state index in [0.717, 1.165) is 74.0 Å². The highest BCUT2D eigenvalue weighted by Crippen LogP contribution is 2.32. The lowest BCUT2D eigenvalue weighted by molar-refractivity contribution is 0.607. The molecule has 8 heterocycles. The summed E-state index contributed by atoms with van der Waals surface area (Å²) in [4.78, 5) is 35.4. The predicted octanol–water partition coefficient (Wildman–Crippen LogP) is 7.59. The molecule has 2 atom stereocenters. The molecule has 16 heteroatoms. The van der Waals surface area contributed by atoms with Gasteiger partial charge >= 0.3 is 0 Å². The molecule has 4 aliphatic rings. The molecule has 2 aliphatic carbocycles. The standard InChI is InChI=1S/2C21H22FN7/c2*1-12(2)18-11-25-29-20(18)27-19(15-5-16(22)10-24-9-15)28-21(29)26-17-4-3-13-7-23-8-14(13)6-17/h2*5,8-12,17H,3-4,6-7H2,1-2H3,(H,26,27,28)/t2*17-/m10/s1. The molecular formula is C42H44F2N14. The van der Waals surface area contributed by atoms with E-state index in [1.54, 1.807) is 21.4 Å². The van der Waals surface area contributed by atoms with E-state index in [0.29, 0.717) is 34.7 Å². The number of pyridine rings is 2. The lowest BCUT2D eigenvalue weighted by Gasteiger charge is -2.24. The number of aliphatic imine (C=N–C) groups is 2. The van der Waals surface area contributed by atoms with Gasteiger partial charge in [-0.1, -0.05) is 27.7 Å². The van der Waals surface area contributed by atoms with Gasteiger partial charge in [0.15, 0.2) is 22.9 Å². The van der Waals surface area contributed by atoms with Gasteiger partial charge in [-0.2, -0.15) is 29.2 Å². The van der Waals surface area contributed by atoms with Crippen LogP contribution in [0.1, 0.15) is 89.2 Å². The largest absolute Gasteiger partial charge is 0.351 e. The molecule has 6 aromatic rings. The molecule has 0 saturated carbocycles. The number of aromatic nitrogens is 10. The number of hydrogen-bond donors (Lipinski definition) is 2. The Bertz CT molecular complexity index is 2470. The second kappa shape index (κ2) is 15.6. The summed E-state index contributed by atoms with van der Waals surface area (Å²) in [5.41, 5.74) is 10.2. The van der Waals surface area contributed by atoms with Gasteiger partial charge in [-0.3, -0.25) is 20.0 Å². The van der Waals surface area contributed by atoms with Crippen LogP contribution in [0, 0.1) is 11.6 Å². The van der Waals surface area contributed by atoms with Crippen molar-refractivity contribution in [2.24, 2.45) is 9.98 Å². The quantitative estimate of drug-likeness (QED) is 0.157. The molecule has 0 saturated heterocycles. The Hall–Kier alpha value is -6.32. The number of rotatable bonds is 8. The van der Waals surface area contributed by atoms with Crippen molar-refractivity contribution in [2.75, 3.05) is 23.7 Å². The van der Waals surface area contributed by atoms with Crippen molar-refractivity contribution >= 4 is 35.6 Å². The molecule has 0 amide bonds. The molecule has 10 rings (SSSR count). The molecule has 0 unspecified atom stereocenters. The smallest absolute Gasteiger partial charge is 0.228 e. The average molecular weight is 783 g/mol. The summed E-state index contributed by atoms with van der Waals surface area (Å²) in [5.74, 6) is 1.79. The van der Waals surface area contributed by atoms with Crippen molar-refractivity contribution in [1.82, 2.24) is 49.1 Å². The van der Waals surface area contributed by atoms with Crippen LogP contribution in [-0.2, 0) is 0 Å². The molecule has 58 heavy (non-hydrogen) atoms. The zero-order chi connectivity index (χ0) is 39.9. The fourth-order valence-electron chi connectivity index (χ4n) is 7.95. The van der Waals surface area contributed by atoms with Crippen LogP contribution in [0.4, 0.5) is 20.7 Å². The Morgan fingerprint density at radius 3 is 1.47 bits per heavy atom. The maximum absolute atomic E-state index is 13.7. The van der Waals surface area contributed by atoms with E-state index in [1.807, 2.05) is 24.8 Å². The van der Waals surface area contributed by atoms with Crippen molar-refractivity contribution in [3.05, 3.63) is 94.4 Å². The molecule has 14 nitrogen and oxygen atoms in total. The van der Waals surface area contributed by atoms with Crippen LogP contribution >= 0.6 is 0 Å². The van der Waals surface area contributed by atoms with E-state index in [-0.39, 0.29) is 23.9 Å². The zero-order valence-electron chi connectivity index (χ0n) is 32.9. The first-order valence-electron chi connectivity index (χ1n) is 19.8. The number of nitrogens with one attached hydrogen (secondary N) is 2. The highest BCUT2D eigenvalue weighted by atomic mass is 19.1. The maximum Gasteiger partial charge on any atom is 0.228 e. The first-order chi connectivity index (χ1) is 28.2. The Morgan fingerprint density at radius 2 is 1.05 bits per heavy atom. The van der Waals surface area contributed by atoms with E-state index >= 15 is 0 Å². The number of halogens is 2. The van der Waals surface area contributed by atoms with Crippen molar-refractivity contribution in [2.45, 2.75) is 90.1 Å². The number of nitrogens with zero attached hydrogens (tertiary/aromatic N) is 12. The van der Waals surface area contributed by atoms with Crippen molar-refractivity contribution in [3.8, 4) is 22.8 Å². The molecule has 0 fully saturated rings. The van der Waals surface area contributed by atoms with Crippen LogP contribution < -0.4 is 10.6 Å². The van der Waals surface area contributed by atoms with E-state index in [1.165, 1.54) is 46.8 Å². The summed E-state index contributed by atoms with van der Waals surface area (Å²) in [5, 5.41) is 16.2. The van der Waals surface area contributed by atoms with Crippen molar-refractivity contribution in [1.29, 1.82) is 0 Å². The molecule has 0 radical (unpaired) electrons. The summed E-state index contributed by atoms with van der Waals surface area (Å²) in [6.45, 7) is 10.1. The Morgan fingerprint density at radius 1 is 0.603 bits per heavy atom. The number of hydrogen-bond acceptors (Lipinski definition) is 12. The summed E-state index contributed by atoms with van der Waals surface area (Å²) in [6.07, 6.45) is 19.1. The Kier molecular flexibility index (Phi) is 9.99. The molecule has 6 aromatic heterocycles. The molecule has 0 spiro atoms. The van der Waals surface area contributed by atoms with Crippen molar-refractivity contribution < 1.29 is 8.78 Å².